The van der Waals surface area contributed by atoms with Crippen molar-refractivity contribution in [3.05, 3.63) is 126 Å². The van der Waals surface area contributed by atoms with E-state index >= 15 is 0 Å². The SMILES string of the molecule is C=Cc1cccc(-n2c3ccccc3c3cc(-c4cc(C)c(C)c5ccccc45)ccc32)c1C=C. The number of aryl methyl sites for hydroxylation is 2. The van der Waals surface area contributed by atoms with Crippen molar-refractivity contribution in [2.75, 3.05) is 0 Å². The summed E-state index contributed by atoms with van der Waals surface area (Å²) < 4.78 is 2.36. The van der Waals surface area contributed by atoms with Gasteiger partial charge in [-0.3, -0.25) is 0 Å². The van der Waals surface area contributed by atoms with Crippen molar-refractivity contribution >= 4 is 44.7 Å². The van der Waals surface area contributed by atoms with Crippen molar-refractivity contribution in [2.24, 2.45) is 0 Å². The summed E-state index contributed by atoms with van der Waals surface area (Å²) in [5.41, 5.74) is 10.9. The highest BCUT2D eigenvalue weighted by Crippen LogP contribution is 2.39. The van der Waals surface area contributed by atoms with E-state index in [1.807, 2.05) is 12.2 Å². The molecule has 0 unspecified atom stereocenters. The highest BCUT2D eigenvalue weighted by Gasteiger charge is 2.16. The smallest absolute Gasteiger partial charge is 0.0541 e. The second-order valence-corrected chi connectivity index (χ2v) is 9.18. The third-order valence-corrected chi connectivity index (χ3v) is 7.34. The third kappa shape index (κ3) is 3.16. The van der Waals surface area contributed by atoms with Crippen molar-refractivity contribution in [1.82, 2.24) is 4.57 Å². The molecular formula is C34H27N. The minimum Gasteiger partial charge on any atom is -0.309 e. The molecule has 0 saturated heterocycles. The molecule has 35 heavy (non-hydrogen) atoms. The molecule has 1 aromatic heterocycles. The maximum atomic E-state index is 4.11. The second-order valence-electron chi connectivity index (χ2n) is 9.18. The standard InChI is InChI=1S/C34H27N/c1-5-24-12-11-17-32(26(24)6-2)35-33-16-10-9-15-29(33)31-21-25(18-19-34(31)35)30-20-22(3)23(4)27-13-7-8-14-28(27)30/h5-21H,1-2H2,3-4H3. The van der Waals surface area contributed by atoms with Crippen LogP contribution >= 0.6 is 0 Å². The van der Waals surface area contributed by atoms with Gasteiger partial charge in [0, 0.05) is 16.3 Å². The first kappa shape index (κ1) is 21.2. The predicted molar refractivity (Wildman–Crippen MR) is 153 cm³/mol. The first-order valence-electron chi connectivity index (χ1n) is 12.0. The number of aromatic nitrogens is 1. The maximum absolute atomic E-state index is 4.11. The van der Waals surface area contributed by atoms with E-state index in [9.17, 15) is 0 Å². The molecule has 0 atom stereocenters. The number of hydrogen-bond acceptors (Lipinski definition) is 0. The van der Waals surface area contributed by atoms with Crippen LogP contribution in [0.5, 0.6) is 0 Å². The van der Waals surface area contributed by atoms with Crippen LogP contribution in [0, 0.1) is 13.8 Å². The number of hydrogen-bond donors (Lipinski definition) is 0. The van der Waals surface area contributed by atoms with E-state index in [1.165, 1.54) is 54.8 Å². The minimum atomic E-state index is 1.08. The monoisotopic (exact) mass is 449 g/mol. The van der Waals surface area contributed by atoms with E-state index in [2.05, 4.69) is 123 Å². The van der Waals surface area contributed by atoms with Gasteiger partial charge in [0.15, 0.2) is 0 Å². The number of para-hydroxylation sites is 1. The Hall–Kier alpha value is -4.36. The van der Waals surface area contributed by atoms with Crippen LogP contribution in [-0.4, -0.2) is 4.57 Å². The van der Waals surface area contributed by atoms with Gasteiger partial charge in [-0.05, 0) is 76.7 Å². The molecule has 168 valence electrons. The molecule has 0 radical (unpaired) electrons. The lowest BCUT2D eigenvalue weighted by Gasteiger charge is -2.14. The van der Waals surface area contributed by atoms with Crippen LogP contribution in [0.25, 0.3) is 61.5 Å². The Kier molecular flexibility index (Phi) is 4.93. The zero-order valence-electron chi connectivity index (χ0n) is 20.2. The van der Waals surface area contributed by atoms with Gasteiger partial charge in [-0.25, -0.2) is 0 Å². The molecule has 0 bridgehead atoms. The average molecular weight is 450 g/mol. The van der Waals surface area contributed by atoms with Gasteiger partial charge in [-0.15, -0.1) is 0 Å². The molecule has 6 aromatic rings. The van der Waals surface area contributed by atoms with Crippen molar-refractivity contribution in [1.29, 1.82) is 0 Å². The van der Waals surface area contributed by atoms with E-state index in [1.54, 1.807) is 0 Å². The lowest BCUT2D eigenvalue weighted by Crippen LogP contribution is -1.98. The van der Waals surface area contributed by atoms with Gasteiger partial charge in [0.05, 0.1) is 16.7 Å². The molecule has 0 aliphatic heterocycles. The van der Waals surface area contributed by atoms with Gasteiger partial charge in [-0.2, -0.15) is 0 Å². The number of nitrogens with zero attached hydrogens (tertiary/aromatic N) is 1. The molecule has 0 fully saturated rings. The van der Waals surface area contributed by atoms with Crippen LogP contribution in [0.4, 0.5) is 0 Å². The van der Waals surface area contributed by atoms with Crippen LogP contribution in [0.1, 0.15) is 22.3 Å². The first-order chi connectivity index (χ1) is 17.1. The molecule has 0 aliphatic carbocycles. The molecule has 0 saturated carbocycles. The molecule has 6 rings (SSSR count). The van der Waals surface area contributed by atoms with E-state index < -0.39 is 0 Å². The van der Waals surface area contributed by atoms with Gasteiger partial charge in [-0.1, -0.05) is 92.0 Å². The quantitative estimate of drug-likeness (QED) is 0.252. The summed E-state index contributed by atoms with van der Waals surface area (Å²) in [6.45, 7) is 12.5. The Morgan fingerprint density at radius 2 is 1.34 bits per heavy atom. The van der Waals surface area contributed by atoms with E-state index in [4.69, 9.17) is 0 Å². The second kappa shape index (κ2) is 8.14. The van der Waals surface area contributed by atoms with Crippen LogP contribution in [0.15, 0.2) is 104 Å². The summed E-state index contributed by atoms with van der Waals surface area (Å²) in [6, 6.07) is 33.0. The van der Waals surface area contributed by atoms with Crippen LogP contribution in [-0.2, 0) is 0 Å². The number of fused-ring (bicyclic) bond motifs is 4. The Bertz CT molecular complexity index is 1800. The predicted octanol–water partition coefficient (Wildman–Crippen LogP) is 9.51. The van der Waals surface area contributed by atoms with E-state index in [0.29, 0.717) is 0 Å². The molecule has 0 aliphatic rings. The average Bonchev–Trinajstić information content (AvgIpc) is 3.23. The Morgan fingerprint density at radius 1 is 0.629 bits per heavy atom. The molecule has 0 spiro atoms. The maximum Gasteiger partial charge on any atom is 0.0541 e. The van der Waals surface area contributed by atoms with Gasteiger partial charge in [0.1, 0.15) is 0 Å². The molecule has 0 amide bonds. The molecule has 1 heteroatoms. The van der Waals surface area contributed by atoms with Gasteiger partial charge < -0.3 is 4.57 Å². The van der Waals surface area contributed by atoms with E-state index in [-0.39, 0.29) is 0 Å². The van der Waals surface area contributed by atoms with Crippen LogP contribution in [0.2, 0.25) is 0 Å². The fraction of sp³-hybridized carbons (Fsp3) is 0.0588. The van der Waals surface area contributed by atoms with Crippen molar-refractivity contribution in [2.45, 2.75) is 13.8 Å². The number of rotatable bonds is 4. The van der Waals surface area contributed by atoms with Crippen molar-refractivity contribution < 1.29 is 0 Å². The van der Waals surface area contributed by atoms with Gasteiger partial charge >= 0.3 is 0 Å². The highest BCUT2D eigenvalue weighted by atomic mass is 15.0. The zero-order chi connectivity index (χ0) is 24.1. The summed E-state index contributed by atoms with van der Waals surface area (Å²) in [7, 11) is 0. The minimum absolute atomic E-state index is 1.08. The Labute approximate surface area is 206 Å². The highest BCUT2D eigenvalue weighted by molar-refractivity contribution is 6.11. The zero-order valence-corrected chi connectivity index (χ0v) is 20.2. The summed E-state index contributed by atoms with van der Waals surface area (Å²) in [5.74, 6) is 0. The lowest BCUT2D eigenvalue weighted by molar-refractivity contribution is 1.17. The molecular weight excluding hydrogens is 422 g/mol. The Morgan fingerprint density at radius 3 is 2.11 bits per heavy atom. The Balaban J connectivity index is 1.69. The molecule has 5 aromatic carbocycles. The lowest BCUT2D eigenvalue weighted by atomic mass is 9.92. The summed E-state index contributed by atoms with van der Waals surface area (Å²) in [6.07, 6.45) is 3.83. The fourth-order valence-corrected chi connectivity index (χ4v) is 5.46. The molecule has 1 heterocycles. The van der Waals surface area contributed by atoms with E-state index in [0.717, 1.165) is 16.8 Å². The third-order valence-electron chi connectivity index (χ3n) is 7.34. The largest absolute Gasteiger partial charge is 0.309 e. The van der Waals surface area contributed by atoms with Crippen LogP contribution in [0.3, 0.4) is 0 Å². The number of benzene rings is 5. The molecule has 0 N–H and O–H groups in total. The van der Waals surface area contributed by atoms with Gasteiger partial charge in [0.25, 0.3) is 0 Å². The normalized spacial score (nSPS) is 11.4. The fourth-order valence-electron chi connectivity index (χ4n) is 5.46. The topological polar surface area (TPSA) is 4.93 Å². The first-order valence-corrected chi connectivity index (χ1v) is 12.0. The molecule has 1 nitrogen and oxygen atoms in total. The summed E-state index contributed by atoms with van der Waals surface area (Å²) in [4.78, 5) is 0. The summed E-state index contributed by atoms with van der Waals surface area (Å²) >= 11 is 0. The van der Waals surface area contributed by atoms with Crippen molar-refractivity contribution in [3.8, 4) is 16.8 Å². The van der Waals surface area contributed by atoms with Crippen LogP contribution < -0.4 is 0 Å². The summed E-state index contributed by atoms with van der Waals surface area (Å²) in [5, 5.41) is 5.11. The van der Waals surface area contributed by atoms with Crippen molar-refractivity contribution in [3.63, 3.8) is 0 Å². The van der Waals surface area contributed by atoms with Gasteiger partial charge in [0.2, 0.25) is 0 Å².